The summed E-state index contributed by atoms with van der Waals surface area (Å²) in [6.07, 6.45) is 11.0. The SMILES string of the molecule is C/C=C\C1=NC(C2C=CC(n3c4ccccc4c4c5c(c6ccccc6c43)C3c4ccccc4-c4cccc-5c43)=CC2C)NC(C)=C1N. The lowest BCUT2D eigenvalue weighted by Crippen LogP contribution is -2.41. The fourth-order valence-corrected chi connectivity index (χ4v) is 9.15. The molecule has 4 atom stereocenters. The normalized spacial score (nSPS) is 22.3. The molecule has 0 fully saturated rings. The minimum absolute atomic E-state index is 0.0779. The summed E-state index contributed by atoms with van der Waals surface area (Å²) in [6, 6.07) is 34.0. The Balaban J connectivity index is 1.22. The van der Waals surface area contributed by atoms with Crippen LogP contribution in [-0.2, 0) is 0 Å². The molecule has 4 unspecified atom stereocenters. The molecule has 0 amide bonds. The summed E-state index contributed by atoms with van der Waals surface area (Å²) in [5, 5.41) is 8.90. The highest BCUT2D eigenvalue weighted by molar-refractivity contribution is 6.28. The summed E-state index contributed by atoms with van der Waals surface area (Å²) in [5.41, 5.74) is 22.6. The maximum absolute atomic E-state index is 6.39. The van der Waals surface area contributed by atoms with Crippen molar-refractivity contribution in [3.05, 3.63) is 149 Å². The van der Waals surface area contributed by atoms with Gasteiger partial charge in [-0.3, -0.25) is 4.99 Å². The van der Waals surface area contributed by atoms with Gasteiger partial charge in [0.1, 0.15) is 6.17 Å². The molecule has 48 heavy (non-hydrogen) atoms. The molecule has 2 heterocycles. The molecule has 1 aromatic heterocycles. The highest BCUT2D eigenvalue weighted by atomic mass is 15.1. The first-order valence-corrected chi connectivity index (χ1v) is 17.1. The Morgan fingerprint density at radius 1 is 0.812 bits per heavy atom. The molecule has 0 saturated heterocycles. The van der Waals surface area contributed by atoms with Crippen LogP contribution in [-0.4, -0.2) is 16.4 Å². The van der Waals surface area contributed by atoms with Gasteiger partial charge in [0.05, 0.1) is 22.4 Å². The van der Waals surface area contributed by atoms with E-state index in [1.807, 2.05) is 26.0 Å². The molecule has 4 heteroatoms. The van der Waals surface area contributed by atoms with Crippen molar-refractivity contribution >= 4 is 44.0 Å². The molecule has 0 radical (unpaired) electrons. The molecule has 0 spiro atoms. The van der Waals surface area contributed by atoms with Crippen LogP contribution in [0.4, 0.5) is 0 Å². The number of para-hydroxylation sites is 1. The van der Waals surface area contributed by atoms with Crippen molar-refractivity contribution in [1.29, 1.82) is 0 Å². The zero-order valence-corrected chi connectivity index (χ0v) is 27.3. The molecular weight excluding hydrogens is 585 g/mol. The molecule has 4 nitrogen and oxygen atoms in total. The monoisotopic (exact) mass is 620 g/mol. The maximum atomic E-state index is 6.39. The van der Waals surface area contributed by atoms with Gasteiger partial charge in [0.15, 0.2) is 0 Å². The van der Waals surface area contributed by atoms with Gasteiger partial charge in [0, 0.05) is 39.4 Å². The van der Waals surface area contributed by atoms with E-state index in [9.17, 15) is 0 Å². The number of hydrogen-bond acceptors (Lipinski definition) is 3. The Hall–Kier alpha value is -5.61. The third-order valence-corrected chi connectivity index (χ3v) is 11.2. The van der Waals surface area contributed by atoms with Crippen molar-refractivity contribution in [1.82, 2.24) is 9.88 Å². The molecule has 5 aromatic carbocycles. The molecular formula is C44H36N4. The number of hydrogen-bond donors (Lipinski definition) is 2. The lowest BCUT2D eigenvalue weighted by molar-refractivity contribution is 0.377. The molecule has 1 aliphatic heterocycles. The number of nitrogens with two attached hydrogens (primary N) is 1. The molecule has 3 N–H and O–H groups in total. The Bertz CT molecular complexity index is 2550. The Morgan fingerprint density at radius 3 is 2.38 bits per heavy atom. The lowest BCUT2D eigenvalue weighted by Gasteiger charge is -2.33. The average molecular weight is 621 g/mol. The zero-order valence-electron chi connectivity index (χ0n) is 27.3. The molecule has 10 rings (SSSR count). The van der Waals surface area contributed by atoms with Crippen LogP contribution in [0.15, 0.2) is 138 Å². The fraction of sp³-hybridized carbons (Fsp3) is 0.159. The topological polar surface area (TPSA) is 55.3 Å². The van der Waals surface area contributed by atoms with E-state index in [-0.39, 0.29) is 23.9 Å². The van der Waals surface area contributed by atoms with Gasteiger partial charge in [-0.25, -0.2) is 0 Å². The highest BCUT2D eigenvalue weighted by Crippen LogP contribution is 2.62. The van der Waals surface area contributed by atoms with Gasteiger partial charge < -0.3 is 15.6 Å². The van der Waals surface area contributed by atoms with E-state index in [1.54, 1.807) is 0 Å². The van der Waals surface area contributed by atoms with E-state index >= 15 is 0 Å². The minimum atomic E-state index is -0.0779. The van der Waals surface area contributed by atoms with Gasteiger partial charge in [0.2, 0.25) is 0 Å². The van der Waals surface area contributed by atoms with E-state index < -0.39 is 0 Å². The minimum Gasteiger partial charge on any atom is -0.396 e. The van der Waals surface area contributed by atoms with Gasteiger partial charge in [-0.2, -0.15) is 0 Å². The largest absolute Gasteiger partial charge is 0.396 e. The maximum Gasteiger partial charge on any atom is 0.126 e. The van der Waals surface area contributed by atoms with Gasteiger partial charge in [-0.15, -0.1) is 0 Å². The third-order valence-electron chi connectivity index (χ3n) is 11.2. The quantitative estimate of drug-likeness (QED) is 0.207. The Kier molecular flexibility index (Phi) is 5.70. The van der Waals surface area contributed by atoms with Crippen molar-refractivity contribution in [2.24, 2.45) is 22.6 Å². The van der Waals surface area contributed by atoms with Crippen molar-refractivity contribution in [3.8, 4) is 22.3 Å². The van der Waals surface area contributed by atoms with Gasteiger partial charge in [0.25, 0.3) is 0 Å². The molecule has 0 bridgehead atoms. The summed E-state index contributed by atoms with van der Waals surface area (Å²) >= 11 is 0. The van der Waals surface area contributed by atoms with Crippen LogP contribution >= 0.6 is 0 Å². The van der Waals surface area contributed by atoms with Crippen LogP contribution in [0, 0.1) is 11.8 Å². The summed E-state index contributed by atoms with van der Waals surface area (Å²) in [5.74, 6) is 0.683. The number of nitrogens with one attached hydrogen (secondary N) is 1. The lowest BCUT2D eigenvalue weighted by atomic mass is 9.85. The second kappa shape index (κ2) is 9.95. The van der Waals surface area contributed by atoms with E-state index in [4.69, 9.17) is 10.7 Å². The van der Waals surface area contributed by atoms with E-state index in [0.717, 1.165) is 17.1 Å². The Labute approximate surface area is 280 Å². The third kappa shape index (κ3) is 3.52. The zero-order chi connectivity index (χ0) is 32.3. The van der Waals surface area contributed by atoms with Crippen LogP contribution in [0.1, 0.15) is 43.4 Å². The van der Waals surface area contributed by atoms with Crippen LogP contribution in [0.5, 0.6) is 0 Å². The van der Waals surface area contributed by atoms with E-state index in [0.29, 0.717) is 0 Å². The first kappa shape index (κ1) is 27.5. The highest BCUT2D eigenvalue weighted by Gasteiger charge is 2.41. The van der Waals surface area contributed by atoms with Crippen molar-refractivity contribution in [3.63, 3.8) is 0 Å². The molecule has 6 aromatic rings. The first-order chi connectivity index (χ1) is 23.5. The predicted octanol–water partition coefficient (Wildman–Crippen LogP) is 9.89. The summed E-state index contributed by atoms with van der Waals surface area (Å²) in [7, 11) is 0. The van der Waals surface area contributed by atoms with Crippen molar-refractivity contribution < 1.29 is 0 Å². The number of aliphatic imine (C=N–C) groups is 1. The predicted molar refractivity (Wildman–Crippen MR) is 201 cm³/mol. The summed E-state index contributed by atoms with van der Waals surface area (Å²) < 4.78 is 2.53. The van der Waals surface area contributed by atoms with Crippen LogP contribution in [0.3, 0.4) is 0 Å². The number of allylic oxidation sites excluding steroid dienone is 6. The second-order valence-electron chi connectivity index (χ2n) is 13.7. The molecule has 4 aliphatic rings. The van der Waals surface area contributed by atoms with Crippen LogP contribution in [0.25, 0.3) is 60.5 Å². The van der Waals surface area contributed by atoms with E-state index in [2.05, 4.69) is 126 Å². The molecule has 3 aliphatic carbocycles. The molecule has 232 valence electrons. The second-order valence-corrected chi connectivity index (χ2v) is 13.7. The Morgan fingerprint density at radius 2 is 1.54 bits per heavy atom. The van der Waals surface area contributed by atoms with Crippen LogP contribution < -0.4 is 11.1 Å². The summed E-state index contributed by atoms with van der Waals surface area (Å²) in [6.45, 7) is 6.37. The standard InChI is InChI=1S/C44H36N4/c1-4-12-35-42(45)25(3)46-44(47-35)27-22-21-26(23-24(27)2)48-36-20-10-9-17-33(36)41-40-34-19-11-18-29-28-13-5-6-14-30(28)38(37(29)34)39(40)31-15-7-8-16-32(31)43(41)48/h4-24,27,38,44,46H,45H2,1-3H3/b12-4-. The fourth-order valence-electron chi connectivity index (χ4n) is 9.15. The van der Waals surface area contributed by atoms with Crippen molar-refractivity contribution in [2.45, 2.75) is 32.9 Å². The number of fused-ring (bicyclic) bond motifs is 13. The average Bonchev–Trinajstić information content (AvgIpc) is 3.76. The van der Waals surface area contributed by atoms with Crippen LogP contribution in [0.2, 0.25) is 0 Å². The van der Waals surface area contributed by atoms with Gasteiger partial charge >= 0.3 is 0 Å². The summed E-state index contributed by atoms with van der Waals surface area (Å²) in [4.78, 5) is 5.05. The van der Waals surface area contributed by atoms with Gasteiger partial charge in [-0.1, -0.05) is 110 Å². The van der Waals surface area contributed by atoms with Crippen molar-refractivity contribution in [2.75, 3.05) is 0 Å². The van der Waals surface area contributed by atoms with Gasteiger partial charge in [-0.05, 0) is 82.3 Å². The smallest absolute Gasteiger partial charge is 0.126 e. The number of rotatable bonds is 3. The van der Waals surface area contributed by atoms with E-state index in [1.165, 1.54) is 77.2 Å². The number of benzene rings is 5. The first-order valence-electron chi connectivity index (χ1n) is 17.1. The molecule has 0 saturated carbocycles. The number of nitrogens with zero attached hydrogens (tertiary/aromatic N) is 2. The number of aromatic nitrogens is 1.